The van der Waals surface area contributed by atoms with Gasteiger partial charge in [-0.3, -0.25) is 0 Å². The Morgan fingerprint density at radius 2 is 2.40 bits per heavy atom. The molecule has 1 saturated heterocycles. The Bertz CT molecular complexity index is 394. The number of fused-ring (bicyclic) bond motifs is 1. The topological polar surface area (TPSA) is 38.1 Å². The maximum atomic E-state index is 5.31. The molecule has 0 spiro atoms. The summed E-state index contributed by atoms with van der Waals surface area (Å²) < 4.78 is 5.31. The fourth-order valence-corrected chi connectivity index (χ4v) is 2.66. The van der Waals surface area contributed by atoms with Gasteiger partial charge in [-0.15, -0.1) is 0 Å². The van der Waals surface area contributed by atoms with Gasteiger partial charge >= 0.3 is 0 Å². The van der Waals surface area contributed by atoms with Gasteiger partial charge in [0.1, 0.15) is 0 Å². The fourth-order valence-electron chi connectivity index (χ4n) is 2.66. The van der Waals surface area contributed by atoms with Crippen LogP contribution in [-0.2, 0) is 0 Å². The molecule has 1 aliphatic carbocycles. The average molecular weight is 204 g/mol. The molecule has 3 nitrogen and oxygen atoms in total. The molecule has 2 atom stereocenters. The van der Waals surface area contributed by atoms with E-state index in [9.17, 15) is 0 Å². The number of allylic oxidation sites excluding steroid dienone is 1. The van der Waals surface area contributed by atoms with Crippen LogP contribution in [0.2, 0.25) is 0 Å². The number of nitrogens with zero attached hydrogens (tertiary/aromatic N) is 1. The minimum atomic E-state index is 0.569. The van der Waals surface area contributed by atoms with E-state index in [0.717, 1.165) is 30.3 Å². The lowest BCUT2D eigenvalue weighted by Crippen LogP contribution is -2.27. The van der Waals surface area contributed by atoms with Crippen molar-refractivity contribution in [3.8, 4) is 0 Å². The second kappa shape index (κ2) is 3.49. The van der Waals surface area contributed by atoms with Crippen molar-refractivity contribution in [1.29, 1.82) is 0 Å². The Morgan fingerprint density at radius 3 is 3.20 bits per heavy atom. The van der Waals surface area contributed by atoms with E-state index < -0.39 is 0 Å². The van der Waals surface area contributed by atoms with Crippen molar-refractivity contribution in [3.63, 3.8) is 0 Å². The van der Waals surface area contributed by atoms with Crippen LogP contribution in [0.5, 0.6) is 0 Å². The summed E-state index contributed by atoms with van der Waals surface area (Å²) >= 11 is 0. The highest BCUT2D eigenvalue weighted by molar-refractivity contribution is 5.63. The van der Waals surface area contributed by atoms with Crippen molar-refractivity contribution in [1.82, 2.24) is 10.5 Å². The molecule has 1 N–H and O–H groups in total. The van der Waals surface area contributed by atoms with E-state index in [1.54, 1.807) is 0 Å². The molecular formula is C12H16N2O. The standard InChI is InChI=1S/C12H16N2O/c1-8-6-12(15-14-8)10-3-2-9-4-5-13-11(9)7-10/h6-7,9,11,13H,2-5H2,1H3. The van der Waals surface area contributed by atoms with Crippen molar-refractivity contribution in [2.24, 2.45) is 5.92 Å². The first-order chi connectivity index (χ1) is 7.33. The number of nitrogens with one attached hydrogen (secondary N) is 1. The Morgan fingerprint density at radius 1 is 1.47 bits per heavy atom. The predicted octanol–water partition coefficient (Wildman–Crippen LogP) is 2.14. The predicted molar refractivity (Wildman–Crippen MR) is 58.3 cm³/mol. The van der Waals surface area contributed by atoms with Crippen molar-refractivity contribution >= 4 is 5.57 Å². The Balaban J connectivity index is 1.88. The number of hydrogen-bond donors (Lipinski definition) is 1. The molecular weight excluding hydrogens is 188 g/mol. The molecule has 1 aromatic rings. The summed E-state index contributed by atoms with van der Waals surface area (Å²) in [4.78, 5) is 0. The van der Waals surface area contributed by atoms with Crippen LogP contribution < -0.4 is 5.32 Å². The first kappa shape index (κ1) is 9.16. The molecule has 2 unspecified atom stereocenters. The van der Waals surface area contributed by atoms with Crippen molar-refractivity contribution in [3.05, 3.63) is 23.6 Å². The van der Waals surface area contributed by atoms with Crippen molar-refractivity contribution < 1.29 is 4.52 Å². The van der Waals surface area contributed by atoms with Crippen molar-refractivity contribution in [2.45, 2.75) is 32.2 Å². The molecule has 1 aromatic heterocycles. The van der Waals surface area contributed by atoms with Crippen LogP contribution in [0.25, 0.3) is 5.57 Å². The zero-order valence-corrected chi connectivity index (χ0v) is 8.99. The molecule has 0 saturated carbocycles. The SMILES string of the molecule is Cc1cc(C2=CC3NCCC3CC2)on1. The van der Waals surface area contributed by atoms with Crippen LogP contribution in [0.15, 0.2) is 16.7 Å². The molecule has 3 heteroatoms. The van der Waals surface area contributed by atoms with Gasteiger partial charge in [-0.2, -0.15) is 0 Å². The number of hydrogen-bond acceptors (Lipinski definition) is 3. The number of rotatable bonds is 1. The molecule has 1 aliphatic heterocycles. The number of aromatic nitrogens is 1. The van der Waals surface area contributed by atoms with Crippen molar-refractivity contribution in [2.75, 3.05) is 6.54 Å². The monoisotopic (exact) mass is 204 g/mol. The minimum Gasteiger partial charge on any atom is -0.356 e. The first-order valence-electron chi connectivity index (χ1n) is 5.71. The third-order valence-electron chi connectivity index (χ3n) is 3.51. The quantitative estimate of drug-likeness (QED) is 0.761. The van der Waals surface area contributed by atoms with Crippen LogP contribution in [0, 0.1) is 12.8 Å². The van der Waals surface area contributed by atoms with E-state index in [-0.39, 0.29) is 0 Å². The second-order valence-corrected chi connectivity index (χ2v) is 4.59. The minimum absolute atomic E-state index is 0.569. The molecule has 3 rings (SSSR count). The highest BCUT2D eigenvalue weighted by Gasteiger charge is 2.29. The van der Waals surface area contributed by atoms with Gasteiger partial charge in [-0.05, 0) is 44.2 Å². The molecule has 0 radical (unpaired) electrons. The maximum absolute atomic E-state index is 5.31. The van der Waals surface area contributed by atoms with Gasteiger partial charge in [0.05, 0.1) is 5.69 Å². The molecule has 1 fully saturated rings. The molecule has 2 aliphatic rings. The highest BCUT2D eigenvalue weighted by atomic mass is 16.5. The van der Waals surface area contributed by atoms with Crippen LogP contribution >= 0.6 is 0 Å². The lowest BCUT2D eigenvalue weighted by atomic mass is 9.85. The van der Waals surface area contributed by atoms with E-state index in [1.807, 2.05) is 13.0 Å². The van der Waals surface area contributed by atoms with Gasteiger partial charge in [0.15, 0.2) is 5.76 Å². The van der Waals surface area contributed by atoms with Crippen LogP contribution in [-0.4, -0.2) is 17.7 Å². The summed E-state index contributed by atoms with van der Waals surface area (Å²) in [5.41, 5.74) is 2.29. The lowest BCUT2D eigenvalue weighted by molar-refractivity contribution is 0.397. The van der Waals surface area contributed by atoms with Crippen LogP contribution in [0.4, 0.5) is 0 Å². The lowest BCUT2D eigenvalue weighted by Gasteiger charge is -2.22. The Labute approximate surface area is 89.5 Å². The zero-order chi connectivity index (χ0) is 10.3. The molecule has 80 valence electrons. The number of aryl methyl sites for hydroxylation is 1. The molecule has 0 bridgehead atoms. The Kier molecular flexibility index (Phi) is 2.13. The Hall–Kier alpha value is -1.09. The van der Waals surface area contributed by atoms with E-state index >= 15 is 0 Å². The molecule has 0 aromatic carbocycles. The zero-order valence-electron chi connectivity index (χ0n) is 8.99. The normalized spacial score (nSPS) is 30.1. The third-order valence-corrected chi connectivity index (χ3v) is 3.51. The summed E-state index contributed by atoms with van der Waals surface area (Å²) in [6, 6.07) is 2.60. The first-order valence-corrected chi connectivity index (χ1v) is 5.71. The maximum Gasteiger partial charge on any atom is 0.162 e. The third kappa shape index (κ3) is 1.61. The van der Waals surface area contributed by atoms with E-state index in [2.05, 4.69) is 16.5 Å². The van der Waals surface area contributed by atoms with Gasteiger partial charge in [0.25, 0.3) is 0 Å². The fraction of sp³-hybridized carbons (Fsp3) is 0.583. The van der Waals surface area contributed by atoms with E-state index in [1.165, 1.54) is 18.4 Å². The average Bonchev–Trinajstić information content (AvgIpc) is 2.84. The second-order valence-electron chi connectivity index (χ2n) is 4.59. The summed E-state index contributed by atoms with van der Waals surface area (Å²) in [5, 5.41) is 7.47. The van der Waals surface area contributed by atoms with Gasteiger partial charge in [-0.1, -0.05) is 11.2 Å². The summed E-state index contributed by atoms with van der Waals surface area (Å²) in [6.45, 7) is 3.13. The van der Waals surface area contributed by atoms with E-state index in [4.69, 9.17) is 4.52 Å². The van der Waals surface area contributed by atoms with Gasteiger partial charge in [0.2, 0.25) is 0 Å². The van der Waals surface area contributed by atoms with E-state index in [0.29, 0.717) is 6.04 Å². The van der Waals surface area contributed by atoms with Gasteiger partial charge in [-0.25, -0.2) is 0 Å². The largest absolute Gasteiger partial charge is 0.356 e. The summed E-state index contributed by atoms with van der Waals surface area (Å²) in [6.07, 6.45) is 6.08. The molecule has 15 heavy (non-hydrogen) atoms. The molecule has 2 heterocycles. The smallest absolute Gasteiger partial charge is 0.162 e. The summed E-state index contributed by atoms with van der Waals surface area (Å²) in [7, 11) is 0. The highest BCUT2D eigenvalue weighted by Crippen LogP contribution is 2.34. The van der Waals surface area contributed by atoms with Gasteiger partial charge < -0.3 is 9.84 Å². The molecule has 0 amide bonds. The van der Waals surface area contributed by atoms with Crippen LogP contribution in [0.1, 0.15) is 30.7 Å². The van der Waals surface area contributed by atoms with Gasteiger partial charge in [0, 0.05) is 12.1 Å². The van der Waals surface area contributed by atoms with Crippen LogP contribution in [0.3, 0.4) is 0 Å². The summed E-state index contributed by atoms with van der Waals surface area (Å²) in [5.74, 6) is 1.80.